The molecule has 3 rings (SSSR count). The minimum Gasteiger partial charge on any atom is -0.383 e. The molecule has 2 aliphatic rings. The van der Waals surface area contributed by atoms with Gasteiger partial charge in [-0.15, -0.1) is 0 Å². The van der Waals surface area contributed by atoms with E-state index in [0.717, 1.165) is 11.3 Å². The number of Topliss-reactive ketones (excluding diaryl/α,β-unsaturated/α-hetero) is 1. The summed E-state index contributed by atoms with van der Waals surface area (Å²) in [7, 11) is 0. The first-order valence-electron chi connectivity index (χ1n) is 10.5. The van der Waals surface area contributed by atoms with E-state index in [9.17, 15) is 18.4 Å². The highest BCUT2D eigenvalue weighted by Gasteiger charge is 2.45. The van der Waals surface area contributed by atoms with E-state index in [1.54, 1.807) is 0 Å². The van der Waals surface area contributed by atoms with Crippen LogP contribution in [0.15, 0.2) is 29.3 Å². The minimum atomic E-state index is -3.55. The Morgan fingerprint density at radius 3 is 2.20 bits per heavy atom. The molecule has 166 valence electrons. The fourth-order valence-electron chi connectivity index (χ4n) is 3.72. The molecule has 1 aromatic carbocycles. The number of carbonyl (C=O) groups is 2. The van der Waals surface area contributed by atoms with E-state index in [1.807, 2.05) is 0 Å². The van der Waals surface area contributed by atoms with Crippen molar-refractivity contribution in [3.05, 3.63) is 35.4 Å². The summed E-state index contributed by atoms with van der Waals surface area (Å²) < 4.78 is 25.2. The minimum absolute atomic E-state index is 0.131. The quantitative estimate of drug-likeness (QED) is 0.437. The van der Waals surface area contributed by atoms with Crippen LogP contribution in [0.2, 0.25) is 0 Å². The molecule has 1 heterocycles. The van der Waals surface area contributed by atoms with Gasteiger partial charge in [0, 0.05) is 31.1 Å². The van der Waals surface area contributed by atoms with Crippen molar-refractivity contribution in [2.45, 2.75) is 59.3 Å². The monoisotopic (exact) mass is 421 g/mol. The Morgan fingerprint density at radius 2 is 1.73 bits per heavy atom. The average Bonchev–Trinajstić information content (AvgIpc) is 3.39. The third kappa shape index (κ3) is 7.27. The number of halogens is 2. The summed E-state index contributed by atoms with van der Waals surface area (Å²) in [6.07, 6.45) is 6.00. The molecule has 30 heavy (non-hydrogen) atoms. The molecule has 1 spiro atoms. The molecule has 1 aliphatic heterocycles. The fraction of sp³-hybridized carbons (Fsp3) is 0.609. The lowest BCUT2D eigenvalue weighted by Gasteiger charge is -2.33. The van der Waals surface area contributed by atoms with Crippen molar-refractivity contribution in [2.75, 3.05) is 19.6 Å². The molecular formula is C23H33F2N3O2. The third-order valence-electron chi connectivity index (χ3n) is 5.51. The molecule has 1 saturated carbocycles. The van der Waals surface area contributed by atoms with Gasteiger partial charge in [-0.3, -0.25) is 9.59 Å². The molecule has 1 saturated heterocycles. The normalized spacial score (nSPS) is 18.7. The molecule has 0 atom stereocenters. The lowest BCUT2D eigenvalue weighted by Crippen LogP contribution is -2.38. The van der Waals surface area contributed by atoms with Gasteiger partial charge in [0.25, 0.3) is 0 Å². The highest BCUT2D eigenvalue weighted by Crippen LogP contribution is 2.51. The van der Waals surface area contributed by atoms with Crippen LogP contribution in [-0.2, 0) is 4.79 Å². The van der Waals surface area contributed by atoms with Crippen LogP contribution in [0.1, 0.15) is 69.3 Å². The summed E-state index contributed by atoms with van der Waals surface area (Å²) in [5, 5.41) is 0. The van der Waals surface area contributed by atoms with E-state index in [1.165, 1.54) is 76.5 Å². The number of hydrogen-bond acceptors (Lipinski definition) is 3. The van der Waals surface area contributed by atoms with E-state index >= 15 is 0 Å². The van der Waals surface area contributed by atoms with Crippen molar-refractivity contribution in [1.82, 2.24) is 4.90 Å². The molecule has 0 unspecified atom stereocenters. The van der Waals surface area contributed by atoms with Crippen molar-refractivity contribution >= 4 is 17.5 Å². The molecule has 2 fully saturated rings. The fourth-order valence-corrected chi connectivity index (χ4v) is 3.72. The Hall–Kier alpha value is -2.15. The molecule has 5 nitrogen and oxygen atoms in total. The number of nitrogens with two attached hydrogens (primary N) is 1. The van der Waals surface area contributed by atoms with Crippen molar-refractivity contribution in [2.24, 2.45) is 22.1 Å². The molecule has 1 aromatic rings. The first-order chi connectivity index (χ1) is 13.9. The molecule has 7 heteroatoms. The van der Waals surface area contributed by atoms with E-state index < -0.39 is 11.8 Å². The third-order valence-corrected chi connectivity index (χ3v) is 5.51. The average molecular weight is 422 g/mol. The predicted molar refractivity (Wildman–Crippen MR) is 115 cm³/mol. The summed E-state index contributed by atoms with van der Waals surface area (Å²) in [4.78, 5) is 27.8. The number of amides is 1. The zero-order valence-electron chi connectivity index (χ0n) is 18.4. The van der Waals surface area contributed by atoms with E-state index in [0.29, 0.717) is 18.1 Å². The lowest BCUT2D eigenvalue weighted by atomic mass is 9.94. The summed E-state index contributed by atoms with van der Waals surface area (Å²) in [6, 6.07) is 5.84. The second-order valence-electron chi connectivity index (χ2n) is 9.06. The lowest BCUT2D eigenvalue weighted by molar-refractivity contribution is -0.139. The second-order valence-corrected chi connectivity index (χ2v) is 9.06. The number of benzene rings is 1. The van der Waals surface area contributed by atoms with Gasteiger partial charge in [0.2, 0.25) is 0 Å². The van der Waals surface area contributed by atoms with Crippen LogP contribution in [0, 0.1) is 11.3 Å². The molecular weight excluding hydrogens is 388 g/mol. The number of alkyl halides is 2. The molecule has 1 amide bonds. The Balaban J connectivity index is 0.000000230. The molecule has 2 N–H and O–H groups in total. The zero-order valence-corrected chi connectivity index (χ0v) is 18.4. The zero-order chi connectivity index (χ0) is 22.5. The van der Waals surface area contributed by atoms with Gasteiger partial charge in [0.1, 0.15) is 5.84 Å². The number of rotatable bonds is 5. The number of piperidine rings is 1. The second kappa shape index (κ2) is 9.77. The maximum Gasteiger partial charge on any atom is 0.324 e. The SMILES string of the molecule is CC(=O)c1ccc(C(N)=NC(=O)C(C)(F)F)cc1.CC(C)CN1CCCC2(CC2)C1. The number of likely N-dealkylation sites (tertiary alicyclic amines) is 1. The molecule has 1 aliphatic carbocycles. The number of aliphatic imine (C=N–C) groups is 1. The largest absolute Gasteiger partial charge is 0.383 e. The number of ketones is 1. The van der Waals surface area contributed by atoms with E-state index in [2.05, 4.69) is 23.7 Å². The van der Waals surface area contributed by atoms with Crippen LogP contribution in [0.25, 0.3) is 0 Å². The maximum absolute atomic E-state index is 12.6. The number of amidine groups is 1. The van der Waals surface area contributed by atoms with Crippen molar-refractivity contribution in [1.29, 1.82) is 0 Å². The Kier molecular flexibility index (Phi) is 7.86. The van der Waals surface area contributed by atoms with Crippen molar-refractivity contribution in [3.63, 3.8) is 0 Å². The first-order valence-corrected chi connectivity index (χ1v) is 10.5. The van der Waals surface area contributed by atoms with E-state index in [4.69, 9.17) is 5.73 Å². The summed E-state index contributed by atoms with van der Waals surface area (Å²) in [5.74, 6) is -4.75. The Labute approximate surface area is 177 Å². The van der Waals surface area contributed by atoms with Gasteiger partial charge in [0.15, 0.2) is 5.78 Å². The maximum atomic E-state index is 12.6. The standard InChI is InChI=1S/C12H12F2N2O2.C11H21N/c1-7(17)8-3-5-9(6-4-8)10(15)16-11(18)12(2,13)14;1-10(2)8-12-7-3-4-11(9-12)5-6-11/h3-6H,1-2H3,(H2,15,16,18);10H,3-9H2,1-2H3. The molecule has 0 bridgehead atoms. The van der Waals surface area contributed by atoms with Crippen LogP contribution < -0.4 is 5.73 Å². The molecule has 0 radical (unpaired) electrons. The van der Waals surface area contributed by atoms with Gasteiger partial charge < -0.3 is 10.6 Å². The van der Waals surface area contributed by atoms with E-state index in [-0.39, 0.29) is 11.6 Å². The molecule has 0 aromatic heterocycles. The highest BCUT2D eigenvalue weighted by atomic mass is 19.3. The summed E-state index contributed by atoms with van der Waals surface area (Å²) in [6.45, 7) is 10.6. The van der Waals surface area contributed by atoms with Gasteiger partial charge >= 0.3 is 11.8 Å². The number of hydrogen-bond donors (Lipinski definition) is 1. The van der Waals surface area contributed by atoms with Crippen LogP contribution >= 0.6 is 0 Å². The number of nitrogens with zero attached hydrogens (tertiary/aromatic N) is 2. The van der Waals surface area contributed by atoms with Gasteiger partial charge in [-0.05, 0) is 50.5 Å². The smallest absolute Gasteiger partial charge is 0.324 e. The van der Waals surface area contributed by atoms with Crippen molar-refractivity contribution in [3.8, 4) is 0 Å². The highest BCUT2D eigenvalue weighted by molar-refractivity contribution is 6.06. The van der Waals surface area contributed by atoms with Gasteiger partial charge in [-0.1, -0.05) is 38.1 Å². The summed E-state index contributed by atoms with van der Waals surface area (Å²) in [5.41, 5.74) is 7.00. The van der Waals surface area contributed by atoms with Crippen LogP contribution in [-0.4, -0.2) is 48.0 Å². The first kappa shape index (κ1) is 24.1. The Bertz CT molecular complexity index is 779. The van der Waals surface area contributed by atoms with Gasteiger partial charge in [0.05, 0.1) is 0 Å². The van der Waals surface area contributed by atoms with Gasteiger partial charge in [-0.2, -0.15) is 13.8 Å². The van der Waals surface area contributed by atoms with Crippen LogP contribution in [0.4, 0.5) is 8.78 Å². The topological polar surface area (TPSA) is 75.8 Å². The van der Waals surface area contributed by atoms with Crippen LogP contribution in [0.3, 0.4) is 0 Å². The van der Waals surface area contributed by atoms with Crippen LogP contribution in [0.5, 0.6) is 0 Å². The summed E-state index contributed by atoms with van der Waals surface area (Å²) >= 11 is 0. The Morgan fingerprint density at radius 1 is 1.17 bits per heavy atom. The predicted octanol–water partition coefficient (Wildman–Crippen LogP) is 4.29. The van der Waals surface area contributed by atoms with Crippen molar-refractivity contribution < 1.29 is 18.4 Å². The number of carbonyl (C=O) groups excluding carboxylic acids is 2. The van der Waals surface area contributed by atoms with Gasteiger partial charge in [-0.25, -0.2) is 0 Å².